The van der Waals surface area contributed by atoms with Crippen molar-refractivity contribution in [3.05, 3.63) is 62.8 Å². The lowest BCUT2D eigenvalue weighted by Crippen LogP contribution is -2.31. The Labute approximate surface area is 163 Å². The maximum Gasteiger partial charge on any atom is 0.244 e. The van der Waals surface area contributed by atoms with E-state index >= 15 is 0 Å². The summed E-state index contributed by atoms with van der Waals surface area (Å²) in [5.41, 5.74) is 1.59. The van der Waals surface area contributed by atoms with Crippen molar-refractivity contribution in [1.29, 1.82) is 0 Å². The lowest BCUT2D eigenvalue weighted by molar-refractivity contribution is -0.116. The molecule has 1 amide bonds. The monoisotopic (exact) mass is 412 g/mol. The van der Waals surface area contributed by atoms with Gasteiger partial charge in [-0.2, -0.15) is 0 Å². The van der Waals surface area contributed by atoms with Gasteiger partial charge in [0.15, 0.2) is 0 Å². The zero-order chi connectivity index (χ0) is 19.2. The number of nitrogens with one attached hydrogen (secondary N) is 2. The molecular formula is C18H21ClN2O3S2. The molecule has 0 aliphatic rings. The summed E-state index contributed by atoms with van der Waals surface area (Å²) in [5, 5.41) is 2.79. The predicted molar refractivity (Wildman–Crippen MR) is 108 cm³/mol. The van der Waals surface area contributed by atoms with Gasteiger partial charge in [-0.15, -0.1) is 11.3 Å². The fourth-order valence-corrected chi connectivity index (χ4v) is 4.59. The number of thiophene rings is 1. The summed E-state index contributed by atoms with van der Waals surface area (Å²) in [6, 6.07) is 10.6. The van der Waals surface area contributed by atoms with Crippen molar-refractivity contribution < 1.29 is 13.2 Å². The molecule has 0 unspecified atom stereocenters. The first-order valence-electron chi connectivity index (χ1n) is 8.02. The Morgan fingerprint density at radius 3 is 2.38 bits per heavy atom. The average molecular weight is 413 g/mol. The van der Waals surface area contributed by atoms with Gasteiger partial charge in [0.2, 0.25) is 15.9 Å². The third kappa shape index (κ3) is 7.29. The molecule has 2 aromatic rings. The first-order chi connectivity index (χ1) is 12.2. The number of sulfonamides is 1. The second-order valence-corrected chi connectivity index (χ2v) is 9.54. The molecule has 1 aromatic carbocycles. The number of carbonyl (C=O) groups is 1. The van der Waals surface area contributed by atoms with Gasteiger partial charge in [0.05, 0.1) is 10.1 Å². The van der Waals surface area contributed by atoms with E-state index in [0.717, 1.165) is 10.4 Å². The molecule has 2 N–H and O–H groups in total. The van der Waals surface area contributed by atoms with E-state index in [-0.39, 0.29) is 17.7 Å². The van der Waals surface area contributed by atoms with Gasteiger partial charge in [-0.05, 0) is 43.2 Å². The van der Waals surface area contributed by atoms with Crippen molar-refractivity contribution in [3.8, 4) is 0 Å². The highest BCUT2D eigenvalue weighted by Gasteiger charge is 2.12. The second-order valence-electron chi connectivity index (χ2n) is 6.04. The standard InChI is InChI=1S/C18H21ClN2O3S2/c1-13(2)21-26(23,24)12-15-5-3-14(4-6-15)11-20-18(22)10-8-16-7-9-17(19)25-16/h3-10,13,21H,11-12H2,1-2H3,(H,20,22)/b10-8+. The largest absolute Gasteiger partial charge is 0.348 e. The first-order valence-corrected chi connectivity index (χ1v) is 10.9. The predicted octanol–water partition coefficient (Wildman–Crippen LogP) is 3.56. The molecule has 5 nitrogen and oxygen atoms in total. The van der Waals surface area contributed by atoms with Gasteiger partial charge >= 0.3 is 0 Å². The van der Waals surface area contributed by atoms with E-state index in [1.165, 1.54) is 17.4 Å². The zero-order valence-electron chi connectivity index (χ0n) is 14.5. The third-order valence-corrected chi connectivity index (χ3v) is 5.99. The summed E-state index contributed by atoms with van der Waals surface area (Å²) >= 11 is 7.23. The molecule has 0 radical (unpaired) electrons. The van der Waals surface area contributed by atoms with Crippen molar-refractivity contribution in [2.45, 2.75) is 32.2 Å². The molecule has 0 bridgehead atoms. The molecule has 0 aliphatic heterocycles. The maximum atomic E-state index is 11.9. The summed E-state index contributed by atoms with van der Waals surface area (Å²) in [7, 11) is -3.34. The molecule has 0 atom stereocenters. The molecule has 0 aliphatic carbocycles. The number of hydrogen-bond donors (Lipinski definition) is 2. The Kier molecular flexibility index (Phi) is 7.40. The van der Waals surface area contributed by atoms with Crippen LogP contribution in [-0.4, -0.2) is 20.4 Å². The van der Waals surface area contributed by atoms with Gasteiger partial charge in [-0.3, -0.25) is 4.79 Å². The Bertz CT molecular complexity index is 872. The third-order valence-electron chi connectivity index (χ3n) is 3.25. The van der Waals surface area contributed by atoms with Crippen molar-refractivity contribution in [2.75, 3.05) is 0 Å². The minimum atomic E-state index is -3.34. The Hall–Kier alpha value is -1.67. The Morgan fingerprint density at radius 2 is 1.81 bits per heavy atom. The van der Waals surface area contributed by atoms with Gasteiger partial charge in [0.25, 0.3) is 0 Å². The van der Waals surface area contributed by atoms with Crippen molar-refractivity contribution in [3.63, 3.8) is 0 Å². The summed E-state index contributed by atoms with van der Waals surface area (Å²) in [6.07, 6.45) is 3.17. The summed E-state index contributed by atoms with van der Waals surface area (Å²) in [4.78, 5) is 12.7. The van der Waals surface area contributed by atoms with Gasteiger partial charge in [-0.25, -0.2) is 13.1 Å². The fraction of sp³-hybridized carbons (Fsp3) is 0.278. The van der Waals surface area contributed by atoms with Crippen LogP contribution in [-0.2, 0) is 27.1 Å². The normalized spacial score (nSPS) is 12.0. The van der Waals surface area contributed by atoms with E-state index in [4.69, 9.17) is 11.6 Å². The number of benzene rings is 1. The molecule has 0 saturated carbocycles. The molecule has 0 spiro atoms. The quantitative estimate of drug-likeness (QED) is 0.651. The van der Waals surface area contributed by atoms with E-state index in [1.54, 1.807) is 38.1 Å². The molecule has 1 heterocycles. The molecule has 2 rings (SSSR count). The number of halogens is 1. The molecule has 26 heavy (non-hydrogen) atoms. The first kappa shape index (κ1) is 20.6. The number of rotatable bonds is 8. The Morgan fingerprint density at radius 1 is 1.15 bits per heavy atom. The van der Waals surface area contributed by atoms with Crippen LogP contribution < -0.4 is 10.0 Å². The molecular weight excluding hydrogens is 392 g/mol. The van der Waals surface area contributed by atoms with Gasteiger partial charge in [0, 0.05) is 23.5 Å². The van der Waals surface area contributed by atoms with E-state index < -0.39 is 10.0 Å². The van der Waals surface area contributed by atoms with Crippen LogP contribution in [0.25, 0.3) is 6.08 Å². The SMILES string of the molecule is CC(C)NS(=O)(=O)Cc1ccc(CNC(=O)/C=C/c2ccc(Cl)s2)cc1. The van der Waals surface area contributed by atoms with Crippen molar-refractivity contribution in [2.24, 2.45) is 0 Å². The van der Waals surface area contributed by atoms with Crippen molar-refractivity contribution >= 4 is 44.9 Å². The summed E-state index contributed by atoms with van der Waals surface area (Å²) in [6.45, 7) is 3.93. The van der Waals surface area contributed by atoms with E-state index in [2.05, 4.69) is 10.0 Å². The second kappa shape index (κ2) is 9.32. The van der Waals surface area contributed by atoms with Crippen LogP contribution in [0, 0.1) is 0 Å². The summed E-state index contributed by atoms with van der Waals surface area (Å²) in [5.74, 6) is -0.272. The van der Waals surface area contributed by atoms with Crippen LogP contribution in [0.2, 0.25) is 4.34 Å². The maximum absolute atomic E-state index is 11.9. The van der Waals surface area contributed by atoms with Crippen LogP contribution in [0.15, 0.2) is 42.5 Å². The van der Waals surface area contributed by atoms with Crippen LogP contribution in [0.1, 0.15) is 29.9 Å². The number of amides is 1. The number of hydrogen-bond acceptors (Lipinski definition) is 4. The lowest BCUT2D eigenvalue weighted by atomic mass is 10.1. The van der Waals surface area contributed by atoms with Gasteiger partial charge in [0.1, 0.15) is 0 Å². The smallest absolute Gasteiger partial charge is 0.244 e. The van der Waals surface area contributed by atoms with Gasteiger partial charge in [-0.1, -0.05) is 35.9 Å². The molecule has 140 valence electrons. The van der Waals surface area contributed by atoms with E-state index in [1.807, 2.05) is 18.2 Å². The fourth-order valence-electron chi connectivity index (χ4n) is 2.20. The Balaban J connectivity index is 1.85. The molecule has 8 heteroatoms. The minimum absolute atomic E-state index is 0.0655. The molecule has 0 saturated heterocycles. The highest BCUT2D eigenvalue weighted by Crippen LogP contribution is 2.22. The topological polar surface area (TPSA) is 75.3 Å². The minimum Gasteiger partial charge on any atom is -0.348 e. The van der Waals surface area contributed by atoms with Crippen molar-refractivity contribution in [1.82, 2.24) is 10.0 Å². The number of carbonyl (C=O) groups excluding carboxylic acids is 1. The highest BCUT2D eigenvalue weighted by atomic mass is 35.5. The van der Waals surface area contributed by atoms with Crippen LogP contribution >= 0.6 is 22.9 Å². The molecule has 1 aromatic heterocycles. The van der Waals surface area contributed by atoms with E-state index in [0.29, 0.717) is 16.4 Å². The summed E-state index contributed by atoms with van der Waals surface area (Å²) < 4.78 is 27.1. The lowest BCUT2D eigenvalue weighted by Gasteiger charge is -2.10. The van der Waals surface area contributed by atoms with Gasteiger partial charge < -0.3 is 5.32 Å². The average Bonchev–Trinajstić information content (AvgIpc) is 2.96. The van der Waals surface area contributed by atoms with E-state index in [9.17, 15) is 13.2 Å². The highest BCUT2D eigenvalue weighted by molar-refractivity contribution is 7.88. The van der Waals surface area contributed by atoms with Crippen LogP contribution in [0.4, 0.5) is 0 Å². The van der Waals surface area contributed by atoms with Crippen LogP contribution in [0.3, 0.4) is 0 Å². The van der Waals surface area contributed by atoms with Crippen LogP contribution in [0.5, 0.6) is 0 Å². The molecule has 0 fully saturated rings. The zero-order valence-corrected chi connectivity index (χ0v) is 16.9.